The number of hydrogen-bond donors (Lipinski definition) is 1. The first-order valence-electron chi connectivity index (χ1n) is 7.18. The molecule has 0 aliphatic carbocycles. The van der Waals surface area contributed by atoms with Crippen LogP contribution in [0.1, 0.15) is 24.1 Å². The number of aryl methyl sites for hydroxylation is 1. The second-order valence-electron chi connectivity index (χ2n) is 5.27. The van der Waals surface area contributed by atoms with Gasteiger partial charge in [0, 0.05) is 6.04 Å². The van der Waals surface area contributed by atoms with E-state index in [4.69, 9.17) is 9.47 Å². The molecule has 0 aromatic heterocycles. The summed E-state index contributed by atoms with van der Waals surface area (Å²) in [6.45, 7) is 3.70. The third-order valence-corrected chi connectivity index (χ3v) is 5.13. The van der Waals surface area contributed by atoms with E-state index in [-0.39, 0.29) is 4.90 Å². The van der Waals surface area contributed by atoms with Crippen LogP contribution in [0.2, 0.25) is 0 Å². The Bertz CT molecular complexity index is 770. The lowest BCUT2D eigenvalue weighted by Crippen LogP contribution is -2.26. The molecule has 1 atom stereocenters. The molecule has 2 aromatic rings. The highest BCUT2D eigenvalue weighted by Gasteiger charge is 2.19. The summed E-state index contributed by atoms with van der Waals surface area (Å²) in [7, 11) is -0.481. The maximum Gasteiger partial charge on any atom is 0.241 e. The Morgan fingerprint density at radius 1 is 0.957 bits per heavy atom. The highest BCUT2D eigenvalue weighted by atomic mass is 32.2. The van der Waals surface area contributed by atoms with Crippen molar-refractivity contribution in [2.24, 2.45) is 0 Å². The van der Waals surface area contributed by atoms with Crippen molar-refractivity contribution in [3.63, 3.8) is 0 Å². The van der Waals surface area contributed by atoms with Crippen LogP contribution in [0.3, 0.4) is 0 Å². The largest absolute Gasteiger partial charge is 0.493 e. The number of ether oxygens (including phenoxy) is 2. The third kappa shape index (κ3) is 4.03. The van der Waals surface area contributed by atoms with Gasteiger partial charge in [-0.1, -0.05) is 23.8 Å². The second kappa shape index (κ2) is 7.02. The molecule has 0 saturated heterocycles. The topological polar surface area (TPSA) is 64.6 Å². The number of hydrogen-bond acceptors (Lipinski definition) is 4. The van der Waals surface area contributed by atoms with Gasteiger partial charge in [0.2, 0.25) is 10.0 Å². The van der Waals surface area contributed by atoms with Crippen LogP contribution in [-0.4, -0.2) is 22.6 Å². The maximum absolute atomic E-state index is 12.4. The van der Waals surface area contributed by atoms with Gasteiger partial charge in [0.25, 0.3) is 0 Å². The van der Waals surface area contributed by atoms with E-state index in [1.54, 1.807) is 57.5 Å². The number of methoxy groups -OCH3 is 2. The Hall–Kier alpha value is -2.05. The Morgan fingerprint density at radius 2 is 1.57 bits per heavy atom. The molecule has 0 amide bonds. The summed E-state index contributed by atoms with van der Waals surface area (Å²) in [4.78, 5) is 0.246. The molecule has 0 aliphatic rings. The molecule has 5 nitrogen and oxygen atoms in total. The predicted molar refractivity (Wildman–Crippen MR) is 89.5 cm³/mol. The van der Waals surface area contributed by atoms with E-state index in [0.29, 0.717) is 11.5 Å². The summed E-state index contributed by atoms with van der Waals surface area (Å²) < 4.78 is 38.0. The summed E-state index contributed by atoms with van der Waals surface area (Å²) in [6.07, 6.45) is 0. The van der Waals surface area contributed by atoms with E-state index in [9.17, 15) is 8.42 Å². The number of rotatable bonds is 6. The van der Waals surface area contributed by atoms with Crippen molar-refractivity contribution >= 4 is 10.0 Å². The van der Waals surface area contributed by atoms with Crippen LogP contribution in [0, 0.1) is 6.92 Å². The quantitative estimate of drug-likeness (QED) is 0.881. The average molecular weight is 335 g/mol. The van der Waals surface area contributed by atoms with Crippen LogP contribution >= 0.6 is 0 Å². The van der Waals surface area contributed by atoms with Crippen molar-refractivity contribution in [1.82, 2.24) is 4.72 Å². The standard InChI is InChI=1S/C17H21NO4S/c1-12-5-8-15(9-6-12)23(19,20)18-13(2)14-7-10-16(21-3)17(11-14)22-4/h5-11,13,18H,1-4H3/t13-/m0/s1. The number of nitrogens with one attached hydrogen (secondary N) is 1. The van der Waals surface area contributed by atoms with Gasteiger partial charge in [0.1, 0.15) is 0 Å². The summed E-state index contributed by atoms with van der Waals surface area (Å²) in [5, 5.41) is 0. The predicted octanol–water partition coefficient (Wildman–Crippen LogP) is 3.05. The van der Waals surface area contributed by atoms with Gasteiger partial charge < -0.3 is 9.47 Å². The van der Waals surface area contributed by atoms with Crippen LogP contribution in [0.15, 0.2) is 47.4 Å². The Balaban J connectivity index is 2.24. The molecule has 0 spiro atoms. The zero-order valence-corrected chi connectivity index (χ0v) is 14.5. The Labute approximate surface area is 137 Å². The maximum atomic E-state index is 12.4. The SMILES string of the molecule is COc1ccc([C@H](C)NS(=O)(=O)c2ccc(C)cc2)cc1OC. The minimum atomic E-state index is -3.58. The van der Waals surface area contributed by atoms with Crippen molar-refractivity contribution in [1.29, 1.82) is 0 Å². The molecule has 6 heteroatoms. The van der Waals surface area contributed by atoms with Crippen LogP contribution in [-0.2, 0) is 10.0 Å². The Morgan fingerprint density at radius 3 is 2.13 bits per heavy atom. The summed E-state index contributed by atoms with van der Waals surface area (Å²) in [5.74, 6) is 1.16. The van der Waals surface area contributed by atoms with Crippen molar-refractivity contribution in [3.8, 4) is 11.5 Å². The first-order chi connectivity index (χ1) is 10.9. The fraction of sp³-hybridized carbons (Fsp3) is 0.294. The van der Waals surface area contributed by atoms with Gasteiger partial charge in [-0.05, 0) is 43.7 Å². The van der Waals surface area contributed by atoms with Gasteiger partial charge in [0.05, 0.1) is 19.1 Å². The summed E-state index contributed by atoms with van der Waals surface area (Å²) in [5.41, 5.74) is 1.80. The zero-order valence-electron chi connectivity index (χ0n) is 13.7. The minimum absolute atomic E-state index is 0.246. The molecule has 124 valence electrons. The molecule has 0 bridgehead atoms. The molecule has 23 heavy (non-hydrogen) atoms. The van der Waals surface area contributed by atoms with Crippen molar-refractivity contribution in [2.75, 3.05) is 14.2 Å². The molecule has 2 rings (SSSR count). The van der Waals surface area contributed by atoms with E-state index in [0.717, 1.165) is 11.1 Å². The highest BCUT2D eigenvalue weighted by molar-refractivity contribution is 7.89. The van der Waals surface area contributed by atoms with E-state index in [1.165, 1.54) is 0 Å². The van der Waals surface area contributed by atoms with Gasteiger partial charge in [-0.25, -0.2) is 13.1 Å². The monoisotopic (exact) mass is 335 g/mol. The van der Waals surface area contributed by atoms with Gasteiger partial charge in [-0.2, -0.15) is 0 Å². The third-order valence-electron chi connectivity index (χ3n) is 3.57. The second-order valence-corrected chi connectivity index (χ2v) is 6.98. The molecule has 0 unspecified atom stereocenters. The van der Waals surface area contributed by atoms with Gasteiger partial charge in [-0.3, -0.25) is 0 Å². The molecule has 0 radical (unpaired) electrons. The normalized spacial score (nSPS) is 12.7. The average Bonchev–Trinajstić information content (AvgIpc) is 2.54. The van der Waals surface area contributed by atoms with Crippen molar-refractivity contribution in [3.05, 3.63) is 53.6 Å². The van der Waals surface area contributed by atoms with E-state index in [1.807, 2.05) is 13.0 Å². The van der Waals surface area contributed by atoms with Crippen LogP contribution in [0.4, 0.5) is 0 Å². The van der Waals surface area contributed by atoms with E-state index < -0.39 is 16.1 Å². The molecular formula is C17H21NO4S. The van der Waals surface area contributed by atoms with Gasteiger partial charge in [0.15, 0.2) is 11.5 Å². The summed E-state index contributed by atoms with van der Waals surface area (Å²) in [6, 6.07) is 11.7. The summed E-state index contributed by atoms with van der Waals surface area (Å²) >= 11 is 0. The number of sulfonamides is 1. The van der Waals surface area contributed by atoms with Crippen LogP contribution in [0.5, 0.6) is 11.5 Å². The lowest BCUT2D eigenvalue weighted by atomic mass is 10.1. The first kappa shape index (κ1) is 17.3. The van der Waals surface area contributed by atoms with E-state index >= 15 is 0 Å². The molecule has 0 fully saturated rings. The molecule has 2 aromatic carbocycles. The van der Waals surface area contributed by atoms with Crippen LogP contribution in [0.25, 0.3) is 0 Å². The molecule has 1 N–H and O–H groups in total. The van der Waals surface area contributed by atoms with Crippen molar-refractivity contribution < 1.29 is 17.9 Å². The fourth-order valence-corrected chi connectivity index (χ4v) is 3.44. The molecule has 0 saturated carbocycles. The number of benzene rings is 2. The van der Waals surface area contributed by atoms with Crippen LogP contribution < -0.4 is 14.2 Å². The smallest absolute Gasteiger partial charge is 0.241 e. The van der Waals surface area contributed by atoms with Crippen molar-refractivity contribution in [2.45, 2.75) is 24.8 Å². The lowest BCUT2D eigenvalue weighted by molar-refractivity contribution is 0.354. The first-order valence-corrected chi connectivity index (χ1v) is 8.66. The zero-order chi connectivity index (χ0) is 17.0. The minimum Gasteiger partial charge on any atom is -0.493 e. The Kier molecular flexibility index (Phi) is 5.28. The molecule has 0 heterocycles. The van der Waals surface area contributed by atoms with Gasteiger partial charge in [-0.15, -0.1) is 0 Å². The highest BCUT2D eigenvalue weighted by Crippen LogP contribution is 2.30. The molecule has 0 aliphatic heterocycles. The lowest BCUT2D eigenvalue weighted by Gasteiger charge is -2.17. The molecular weight excluding hydrogens is 314 g/mol. The fourth-order valence-electron chi connectivity index (χ4n) is 2.21. The van der Waals surface area contributed by atoms with E-state index in [2.05, 4.69) is 4.72 Å². The van der Waals surface area contributed by atoms with Gasteiger partial charge >= 0.3 is 0 Å².